The van der Waals surface area contributed by atoms with Crippen molar-refractivity contribution in [2.45, 2.75) is 26.4 Å². The van der Waals surface area contributed by atoms with Crippen LogP contribution in [0.3, 0.4) is 0 Å². The molecule has 1 heterocycles. The molecule has 0 N–H and O–H groups in total. The minimum absolute atomic E-state index is 0.521. The van der Waals surface area contributed by atoms with E-state index in [1.165, 1.54) is 22.3 Å². The summed E-state index contributed by atoms with van der Waals surface area (Å²) in [6.45, 7) is 8.74. The summed E-state index contributed by atoms with van der Waals surface area (Å²) in [6, 6.07) is 25.5. The van der Waals surface area contributed by atoms with Crippen molar-refractivity contribution in [2.24, 2.45) is 10.1 Å². The third kappa shape index (κ3) is 6.95. The molecule has 1 saturated heterocycles. The van der Waals surface area contributed by atoms with E-state index in [-0.39, 0.29) is 0 Å². The van der Waals surface area contributed by atoms with Gasteiger partial charge in [0, 0.05) is 48.7 Å². The fourth-order valence-electron chi connectivity index (χ4n) is 4.00. The van der Waals surface area contributed by atoms with E-state index in [1.54, 1.807) is 0 Å². The van der Waals surface area contributed by atoms with Crippen molar-refractivity contribution >= 4 is 23.4 Å². The van der Waals surface area contributed by atoms with Crippen molar-refractivity contribution in [3.05, 3.63) is 95.1 Å². The Balaban J connectivity index is 1.39. The molecule has 1 aliphatic rings. The molecule has 4 rings (SSSR count). The second-order valence-electron chi connectivity index (χ2n) is 8.61. The van der Waals surface area contributed by atoms with Gasteiger partial charge in [0.1, 0.15) is 0 Å². The maximum Gasteiger partial charge on any atom is 0.224 e. The lowest BCUT2D eigenvalue weighted by Crippen LogP contribution is -2.37. The minimum atomic E-state index is -0.640. The lowest BCUT2D eigenvalue weighted by molar-refractivity contribution is 0.291. The van der Waals surface area contributed by atoms with Gasteiger partial charge in [-0.25, -0.2) is 4.99 Å². The molecule has 5 nitrogen and oxygen atoms in total. The van der Waals surface area contributed by atoms with Gasteiger partial charge in [-0.2, -0.15) is 0 Å². The molecule has 3 aromatic carbocycles. The monoisotopic (exact) mass is 473 g/mol. The van der Waals surface area contributed by atoms with Crippen molar-refractivity contribution in [2.75, 3.05) is 24.6 Å². The van der Waals surface area contributed by atoms with Crippen LogP contribution in [0.2, 0.25) is 0 Å². The van der Waals surface area contributed by atoms with Gasteiger partial charge < -0.3 is 4.84 Å². The van der Waals surface area contributed by atoms with Crippen LogP contribution in [-0.4, -0.2) is 46.3 Å². The van der Waals surface area contributed by atoms with Crippen molar-refractivity contribution in [3.8, 4) is 11.1 Å². The fraction of sp³-hybridized carbons (Fsp3) is 0.286. The standard InChI is InChI=1S/C28H31N3O2S/c1-22-6-8-23(9-7-22)19-28(33-29-2)30-20-24-10-12-26(13-11-24)27-5-3-4-25(18-27)21-31-14-16-34(32)17-15-31/h3-13,18H,2,14-17,19-21H2,1H3. The van der Waals surface area contributed by atoms with E-state index >= 15 is 0 Å². The van der Waals surface area contributed by atoms with Crippen LogP contribution < -0.4 is 0 Å². The number of hydrogen-bond donors (Lipinski definition) is 0. The van der Waals surface area contributed by atoms with Gasteiger partial charge in [-0.05, 0) is 40.8 Å². The SMILES string of the molecule is C=NOC(Cc1ccc(C)cc1)=NCc1ccc(-c2cccc(CN3CCS(=O)CC3)c2)cc1. The summed E-state index contributed by atoms with van der Waals surface area (Å²) >= 11 is 0. The van der Waals surface area contributed by atoms with Gasteiger partial charge in [-0.15, -0.1) is 0 Å². The molecular formula is C28H31N3O2S. The molecular weight excluding hydrogens is 442 g/mol. The first-order valence-corrected chi connectivity index (χ1v) is 13.1. The van der Waals surface area contributed by atoms with Crippen LogP contribution in [0, 0.1) is 6.92 Å². The van der Waals surface area contributed by atoms with E-state index in [9.17, 15) is 4.21 Å². The van der Waals surface area contributed by atoms with Gasteiger partial charge in [0.05, 0.1) is 13.0 Å². The highest BCUT2D eigenvalue weighted by Gasteiger charge is 2.15. The van der Waals surface area contributed by atoms with Crippen LogP contribution in [0.4, 0.5) is 0 Å². The van der Waals surface area contributed by atoms with Crippen LogP contribution in [0.25, 0.3) is 11.1 Å². The van der Waals surface area contributed by atoms with Gasteiger partial charge in [0.15, 0.2) is 0 Å². The Morgan fingerprint density at radius 1 is 0.941 bits per heavy atom. The zero-order valence-electron chi connectivity index (χ0n) is 19.7. The van der Waals surface area contributed by atoms with Crippen LogP contribution in [0.15, 0.2) is 82.9 Å². The summed E-state index contributed by atoms with van der Waals surface area (Å²) in [7, 11) is -0.640. The molecule has 0 radical (unpaired) electrons. The van der Waals surface area contributed by atoms with Gasteiger partial charge in [-0.3, -0.25) is 9.11 Å². The average Bonchev–Trinajstić information content (AvgIpc) is 2.86. The number of nitrogens with zero attached hydrogens (tertiary/aromatic N) is 3. The lowest BCUT2D eigenvalue weighted by Gasteiger charge is -2.26. The second-order valence-corrected chi connectivity index (χ2v) is 10.3. The Labute approximate surface area is 204 Å². The maximum atomic E-state index is 11.6. The number of hydrogen-bond acceptors (Lipinski definition) is 5. The van der Waals surface area contributed by atoms with Crippen LogP contribution >= 0.6 is 0 Å². The first kappa shape index (κ1) is 24.0. The molecule has 6 heteroatoms. The van der Waals surface area contributed by atoms with E-state index in [2.05, 4.69) is 101 Å². The summed E-state index contributed by atoms with van der Waals surface area (Å²) < 4.78 is 11.6. The number of aliphatic imine (C=N–C) groups is 1. The van der Waals surface area contributed by atoms with Crippen molar-refractivity contribution in [1.82, 2.24) is 4.90 Å². The van der Waals surface area contributed by atoms with E-state index in [0.717, 1.165) is 42.3 Å². The quantitative estimate of drug-likeness (QED) is 0.263. The Morgan fingerprint density at radius 2 is 1.65 bits per heavy atom. The van der Waals surface area contributed by atoms with Gasteiger partial charge in [-0.1, -0.05) is 77.4 Å². The summed E-state index contributed by atoms with van der Waals surface area (Å²) in [5.74, 6) is 2.12. The van der Waals surface area contributed by atoms with E-state index < -0.39 is 10.8 Å². The molecule has 1 fully saturated rings. The number of oxime groups is 1. The molecule has 0 unspecified atom stereocenters. The molecule has 0 amide bonds. The first-order valence-electron chi connectivity index (χ1n) is 11.6. The zero-order valence-corrected chi connectivity index (χ0v) is 20.5. The summed E-state index contributed by atoms with van der Waals surface area (Å²) in [6.07, 6.45) is 0.580. The number of rotatable bonds is 8. The smallest absolute Gasteiger partial charge is 0.224 e. The second kappa shape index (κ2) is 11.9. The van der Waals surface area contributed by atoms with Gasteiger partial charge in [0.2, 0.25) is 5.90 Å². The highest BCUT2D eigenvalue weighted by Crippen LogP contribution is 2.22. The molecule has 0 aliphatic carbocycles. The molecule has 1 aliphatic heterocycles. The highest BCUT2D eigenvalue weighted by atomic mass is 32.2. The average molecular weight is 474 g/mol. The maximum absolute atomic E-state index is 11.6. The van der Waals surface area contributed by atoms with E-state index in [0.29, 0.717) is 18.9 Å². The fourth-order valence-corrected chi connectivity index (χ4v) is 5.12. The van der Waals surface area contributed by atoms with Crippen molar-refractivity contribution in [3.63, 3.8) is 0 Å². The zero-order chi connectivity index (χ0) is 23.8. The van der Waals surface area contributed by atoms with E-state index in [1.807, 2.05) is 0 Å². The largest absolute Gasteiger partial charge is 0.342 e. The van der Waals surface area contributed by atoms with Crippen LogP contribution in [-0.2, 0) is 35.1 Å². The minimum Gasteiger partial charge on any atom is -0.342 e. The summed E-state index contributed by atoms with van der Waals surface area (Å²) in [5.41, 5.74) is 7.12. The Hall–Kier alpha value is -3.09. The third-order valence-corrected chi connectivity index (χ3v) is 7.25. The molecule has 176 valence electrons. The molecule has 0 atom stereocenters. The highest BCUT2D eigenvalue weighted by molar-refractivity contribution is 7.85. The molecule has 0 bridgehead atoms. The van der Waals surface area contributed by atoms with Crippen molar-refractivity contribution in [1.29, 1.82) is 0 Å². The molecule has 34 heavy (non-hydrogen) atoms. The Morgan fingerprint density at radius 3 is 2.35 bits per heavy atom. The predicted octanol–water partition coefficient (Wildman–Crippen LogP) is 5.00. The third-order valence-electron chi connectivity index (χ3n) is 5.97. The molecule has 0 spiro atoms. The normalized spacial score (nSPS) is 15.3. The summed E-state index contributed by atoms with van der Waals surface area (Å²) in [5, 5.41) is 3.57. The molecule has 0 aromatic heterocycles. The first-order chi connectivity index (χ1) is 16.6. The molecule has 3 aromatic rings. The van der Waals surface area contributed by atoms with Gasteiger partial charge in [0.25, 0.3) is 0 Å². The number of benzene rings is 3. The predicted molar refractivity (Wildman–Crippen MR) is 142 cm³/mol. The topological polar surface area (TPSA) is 54.3 Å². The van der Waals surface area contributed by atoms with E-state index in [4.69, 9.17) is 4.84 Å². The molecule has 0 saturated carbocycles. The van der Waals surface area contributed by atoms with Crippen LogP contribution in [0.5, 0.6) is 0 Å². The van der Waals surface area contributed by atoms with Crippen molar-refractivity contribution < 1.29 is 9.05 Å². The summed E-state index contributed by atoms with van der Waals surface area (Å²) in [4.78, 5) is 12.3. The number of aryl methyl sites for hydroxylation is 1. The van der Waals surface area contributed by atoms with Crippen LogP contribution in [0.1, 0.15) is 22.3 Å². The lowest BCUT2D eigenvalue weighted by atomic mass is 10.0. The van der Waals surface area contributed by atoms with Gasteiger partial charge >= 0.3 is 0 Å². The Bertz CT molecular complexity index is 1150. The Kier molecular flexibility index (Phi) is 8.39.